The first-order valence-corrected chi connectivity index (χ1v) is 8.09. The number of benzene rings is 1. The van der Waals surface area contributed by atoms with E-state index in [1.165, 1.54) is 0 Å². The van der Waals surface area contributed by atoms with E-state index in [2.05, 4.69) is 12.2 Å². The van der Waals surface area contributed by atoms with Gasteiger partial charge in [0.25, 0.3) is 0 Å². The summed E-state index contributed by atoms with van der Waals surface area (Å²) in [6, 6.07) is 5.84. The van der Waals surface area contributed by atoms with Crippen LogP contribution in [0, 0.1) is 5.92 Å². The molecule has 1 aliphatic heterocycles. The Morgan fingerprint density at radius 2 is 2.17 bits per heavy atom. The molecular weight excluding hydrogens is 294 g/mol. The van der Waals surface area contributed by atoms with Crippen LogP contribution in [0.25, 0.3) is 0 Å². The van der Waals surface area contributed by atoms with Crippen molar-refractivity contribution in [1.29, 1.82) is 0 Å². The summed E-state index contributed by atoms with van der Waals surface area (Å²) in [5.74, 6) is 1.82. The molecule has 1 amide bonds. The molecule has 5 nitrogen and oxygen atoms in total. The lowest BCUT2D eigenvalue weighted by molar-refractivity contribution is -0.137. The normalized spacial score (nSPS) is 18.9. The molecule has 0 saturated heterocycles. The molecule has 1 aromatic carbocycles. The zero-order valence-corrected chi connectivity index (χ0v) is 13.5. The van der Waals surface area contributed by atoms with E-state index in [9.17, 15) is 4.79 Å². The van der Waals surface area contributed by atoms with Gasteiger partial charge in [-0.25, -0.2) is 0 Å². The first-order chi connectivity index (χ1) is 11.3. The quantitative estimate of drug-likeness (QED) is 0.757. The summed E-state index contributed by atoms with van der Waals surface area (Å²) in [7, 11) is 1.66. The number of ether oxygens (including phenoxy) is 3. The molecule has 23 heavy (non-hydrogen) atoms. The van der Waals surface area contributed by atoms with E-state index in [4.69, 9.17) is 14.2 Å². The third-order valence-electron chi connectivity index (χ3n) is 4.31. The van der Waals surface area contributed by atoms with Crippen LogP contribution in [0.1, 0.15) is 24.8 Å². The van der Waals surface area contributed by atoms with Crippen molar-refractivity contribution in [3.05, 3.63) is 35.9 Å². The molecule has 0 bridgehead atoms. The summed E-state index contributed by atoms with van der Waals surface area (Å²) in [4.78, 5) is 14.7. The molecule has 0 fully saturated rings. The second kappa shape index (κ2) is 7.51. The average Bonchev–Trinajstić information content (AvgIpc) is 3.06. The Morgan fingerprint density at radius 3 is 2.96 bits per heavy atom. The summed E-state index contributed by atoms with van der Waals surface area (Å²) in [6.07, 6.45) is 7.02. The summed E-state index contributed by atoms with van der Waals surface area (Å²) >= 11 is 0. The van der Waals surface area contributed by atoms with E-state index in [0.29, 0.717) is 19.7 Å². The molecule has 0 radical (unpaired) electrons. The van der Waals surface area contributed by atoms with Gasteiger partial charge in [-0.2, -0.15) is 0 Å². The smallest absolute Gasteiger partial charge is 0.231 e. The minimum absolute atomic E-state index is 0.0888. The van der Waals surface area contributed by atoms with E-state index in [1.807, 2.05) is 23.1 Å². The van der Waals surface area contributed by atoms with Crippen LogP contribution in [0.5, 0.6) is 11.5 Å². The number of hydrogen-bond acceptors (Lipinski definition) is 4. The Balaban J connectivity index is 1.70. The van der Waals surface area contributed by atoms with Crippen molar-refractivity contribution in [2.24, 2.45) is 5.92 Å². The molecule has 1 heterocycles. The summed E-state index contributed by atoms with van der Waals surface area (Å²) in [5, 5.41) is 0. The molecule has 0 aromatic heterocycles. The van der Waals surface area contributed by atoms with Gasteiger partial charge in [-0.15, -0.1) is 0 Å². The van der Waals surface area contributed by atoms with Crippen molar-refractivity contribution in [1.82, 2.24) is 4.90 Å². The van der Waals surface area contributed by atoms with Gasteiger partial charge < -0.3 is 19.1 Å². The van der Waals surface area contributed by atoms with Gasteiger partial charge in [0.15, 0.2) is 11.5 Å². The lowest BCUT2D eigenvalue weighted by Gasteiger charge is -2.28. The minimum atomic E-state index is 0.0888. The van der Waals surface area contributed by atoms with Gasteiger partial charge in [0.2, 0.25) is 12.7 Å². The molecule has 124 valence electrons. The van der Waals surface area contributed by atoms with Crippen LogP contribution in [0.3, 0.4) is 0 Å². The van der Waals surface area contributed by atoms with Crippen LogP contribution in [0.2, 0.25) is 0 Å². The second-order valence-corrected chi connectivity index (χ2v) is 5.92. The van der Waals surface area contributed by atoms with Crippen molar-refractivity contribution in [3.63, 3.8) is 0 Å². The van der Waals surface area contributed by atoms with Crippen LogP contribution < -0.4 is 9.47 Å². The van der Waals surface area contributed by atoms with Crippen LogP contribution >= 0.6 is 0 Å². The molecule has 1 aliphatic carbocycles. The van der Waals surface area contributed by atoms with Crippen LogP contribution in [0.15, 0.2) is 30.4 Å². The Hall–Kier alpha value is -2.01. The molecule has 0 unspecified atom stereocenters. The standard InChI is InChI=1S/C18H23NO4/c1-21-10-9-19(18(20)15-5-3-2-4-6-15)12-14-7-8-16-17(11-14)23-13-22-16/h2-3,7-8,11,15H,4-6,9-10,12-13H2,1H3/t15-/m0/s1. The van der Waals surface area contributed by atoms with Gasteiger partial charge >= 0.3 is 0 Å². The summed E-state index contributed by atoms with van der Waals surface area (Å²) < 4.78 is 15.9. The predicted molar refractivity (Wildman–Crippen MR) is 86.3 cm³/mol. The van der Waals surface area contributed by atoms with Crippen LogP contribution in [-0.2, 0) is 16.1 Å². The van der Waals surface area contributed by atoms with Crippen LogP contribution in [-0.4, -0.2) is 37.9 Å². The number of hydrogen-bond donors (Lipinski definition) is 0. The third-order valence-corrected chi connectivity index (χ3v) is 4.31. The molecule has 5 heteroatoms. The zero-order chi connectivity index (χ0) is 16.1. The van der Waals surface area contributed by atoms with E-state index < -0.39 is 0 Å². The highest BCUT2D eigenvalue weighted by Crippen LogP contribution is 2.33. The molecule has 0 saturated carbocycles. The Bertz CT molecular complexity index is 584. The molecule has 1 atom stereocenters. The maximum absolute atomic E-state index is 12.8. The van der Waals surface area contributed by atoms with E-state index in [0.717, 1.165) is 36.3 Å². The highest BCUT2D eigenvalue weighted by molar-refractivity contribution is 5.79. The average molecular weight is 317 g/mol. The van der Waals surface area contributed by atoms with E-state index in [-0.39, 0.29) is 18.6 Å². The van der Waals surface area contributed by atoms with Crippen molar-refractivity contribution < 1.29 is 19.0 Å². The maximum atomic E-state index is 12.8. The summed E-state index contributed by atoms with van der Waals surface area (Å²) in [6.45, 7) is 1.97. The monoisotopic (exact) mass is 317 g/mol. The lowest BCUT2D eigenvalue weighted by atomic mass is 9.93. The fraction of sp³-hybridized carbons (Fsp3) is 0.500. The molecule has 0 N–H and O–H groups in total. The minimum Gasteiger partial charge on any atom is -0.454 e. The van der Waals surface area contributed by atoms with Crippen molar-refractivity contribution in [2.45, 2.75) is 25.8 Å². The Labute approximate surface area is 136 Å². The predicted octanol–water partition coefficient (Wildman–Crippen LogP) is 2.75. The largest absolute Gasteiger partial charge is 0.454 e. The number of rotatable bonds is 6. The van der Waals surface area contributed by atoms with Gasteiger partial charge in [0.05, 0.1) is 6.61 Å². The van der Waals surface area contributed by atoms with Gasteiger partial charge in [0.1, 0.15) is 0 Å². The first-order valence-electron chi connectivity index (χ1n) is 8.09. The maximum Gasteiger partial charge on any atom is 0.231 e. The van der Waals surface area contributed by atoms with Gasteiger partial charge in [-0.1, -0.05) is 18.2 Å². The number of fused-ring (bicyclic) bond motifs is 1. The topological polar surface area (TPSA) is 48.0 Å². The number of allylic oxidation sites excluding steroid dienone is 2. The number of carbonyl (C=O) groups excluding carboxylic acids is 1. The first kappa shape index (κ1) is 15.9. The highest BCUT2D eigenvalue weighted by atomic mass is 16.7. The fourth-order valence-corrected chi connectivity index (χ4v) is 3.00. The molecule has 0 spiro atoms. The van der Waals surface area contributed by atoms with Crippen LogP contribution in [0.4, 0.5) is 0 Å². The van der Waals surface area contributed by atoms with Gasteiger partial charge in [-0.05, 0) is 37.0 Å². The number of amides is 1. The molecule has 2 aliphatic rings. The Kier molecular flexibility index (Phi) is 5.18. The summed E-state index contributed by atoms with van der Waals surface area (Å²) in [5.41, 5.74) is 1.05. The third kappa shape index (κ3) is 3.85. The van der Waals surface area contributed by atoms with Crippen molar-refractivity contribution >= 4 is 5.91 Å². The second-order valence-electron chi connectivity index (χ2n) is 5.92. The van der Waals surface area contributed by atoms with E-state index >= 15 is 0 Å². The highest BCUT2D eigenvalue weighted by Gasteiger charge is 2.25. The Morgan fingerprint density at radius 1 is 1.30 bits per heavy atom. The SMILES string of the molecule is COCCN(Cc1ccc2c(c1)OCO2)C(=O)[C@H]1CC=CCC1. The number of carbonyl (C=O) groups is 1. The van der Waals surface area contributed by atoms with Crippen molar-refractivity contribution in [3.8, 4) is 11.5 Å². The molecule has 3 rings (SSSR count). The number of nitrogens with zero attached hydrogens (tertiary/aromatic N) is 1. The molecular formula is C18H23NO4. The van der Waals surface area contributed by atoms with Crippen molar-refractivity contribution in [2.75, 3.05) is 27.1 Å². The van der Waals surface area contributed by atoms with Gasteiger partial charge in [-0.3, -0.25) is 4.79 Å². The van der Waals surface area contributed by atoms with E-state index in [1.54, 1.807) is 7.11 Å². The fourth-order valence-electron chi connectivity index (χ4n) is 3.00. The van der Waals surface area contributed by atoms with Gasteiger partial charge in [0, 0.05) is 26.1 Å². The lowest BCUT2D eigenvalue weighted by Crippen LogP contribution is -2.38. The zero-order valence-electron chi connectivity index (χ0n) is 13.5. The molecule has 1 aromatic rings. The number of methoxy groups -OCH3 is 1.